The number of nitrogens with one attached hydrogen (secondary N) is 2. The van der Waals surface area contributed by atoms with E-state index in [4.69, 9.17) is 0 Å². The van der Waals surface area contributed by atoms with Crippen LogP contribution in [-0.4, -0.2) is 21.6 Å². The van der Waals surface area contributed by atoms with Crippen LogP contribution in [0.25, 0.3) is 0 Å². The summed E-state index contributed by atoms with van der Waals surface area (Å²) in [6.07, 6.45) is 3.85. The monoisotopic (exact) mass is 360 g/mol. The fourth-order valence-corrected chi connectivity index (χ4v) is 3.30. The Morgan fingerprint density at radius 2 is 1.89 bits per heavy atom. The quantitative estimate of drug-likeness (QED) is 0.734. The minimum Gasteiger partial charge on any atom is -0.351 e. The molecular formula is C21H20N4O2. The lowest BCUT2D eigenvalue weighted by atomic mass is 9.90. The number of anilines is 1. The van der Waals surface area contributed by atoms with Gasteiger partial charge in [-0.25, -0.2) is 0 Å². The van der Waals surface area contributed by atoms with E-state index < -0.39 is 5.92 Å². The van der Waals surface area contributed by atoms with Crippen molar-refractivity contribution in [3.8, 4) is 0 Å². The van der Waals surface area contributed by atoms with Crippen molar-refractivity contribution in [1.82, 2.24) is 15.1 Å². The fraction of sp³-hybridized carbons (Fsp3) is 0.190. The Morgan fingerprint density at radius 3 is 2.67 bits per heavy atom. The molecular weight excluding hydrogens is 340 g/mol. The summed E-state index contributed by atoms with van der Waals surface area (Å²) in [6.45, 7) is 1.15. The van der Waals surface area contributed by atoms with Crippen LogP contribution in [0.5, 0.6) is 0 Å². The van der Waals surface area contributed by atoms with Crippen molar-refractivity contribution in [3.63, 3.8) is 0 Å². The van der Waals surface area contributed by atoms with Crippen LogP contribution in [-0.2, 0) is 22.7 Å². The lowest BCUT2D eigenvalue weighted by Gasteiger charge is -2.24. The molecule has 0 fully saturated rings. The standard InChI is InChI=1S/C21H20N4O2/c26-20-12-18(17-4-1-2-5-19(17)24-20)21(27)22-13-15-6-8-16(9-7-15)14-25-11-3-10-23-25/h1-11,18H,12-14H2,(H,22,27)(H,24,26). The molecule has 0 saturated heterocycles. The maximum atomic E-state index is 12.7. The normalized spacial score (nSPS) is 15.7. The Labute approximate surface area is 157 Å². The molecule has 6 heteroatoms. The van der Waals surface area contributed by atoms with E-state index in [9.17, 15) is 9.59 Å². The van der Waals surface area contributed by atoms with E-state index in [-0.39, 0.29) is 18.2 Å². The second kappa shape index (κ2) is 7.45. The van der Waals surface area contributed by atoms with Crippen molar-refractivity contribution in [2.24, 2.45) is 0 Å². The van der Waals surface area contributed by atoms with Crippen molar-refractivity contribution in [2.75, 3.05) is 5.32 Å². The summed E-state index contributed by atoms with van der Waals surface area (Å²) >= 11 is 0. The number of hydrogen-bond donors (Lipinski definition) is 2. The van der Waals surface area contributed by atoms with Gasteiger partial charge in [0.05, 0.1) is 12.5 Å². The molecule has 2 N–H and O–H groups in total. The average Bonchev–Trinajstić information content (AvgIpc) is 3.19. The van der Waals surface area contributed by atoms with Crippen LogP contribution < -0.4 is 10.6 Å². The van der Waals surface area contributed by atoms with E-state index in [1.807, 2.05) is 65.5 Å². The molecule has 2 heterocycles. The number of rotatable bonds is 5. The number of carbonyl (C=O) groups excluding carboxylic acids is 2. The molecule has 2 amide bonds. The second-order valence-electron chi connectivity index (χ2n) is 6.63. The molecule has 6 nitrogen and oxygen atoms in total. The maximum Gasteiger partial charge on any atom is 0.228 e. The van der Waals surface area contributed by atoms with Crippen LogP contribution >= 0.6 is 0 Å². The first kappa shape index (κ1) is 17.0. The molecule has 1 aliphatic rings. The molecule has 136 valence electrons. The molecule has 1 atom stereocenters. The highest BCUT2D eigenvalue weighted by Crippen LogP contribution is 2.32. The summed E-state index contributed by atoms with van der Waals surface area (Å²) < 4.78 is 1.86. The minimum absolute atomic E-state index is 0.127. The van der Waals surface area contributed by atoms with Crippen molar-refractivity contribution in [1.29, 1.82) is 0 Å². The Kier molecular flexibility index (Phi) is 4.70. The van der Waals surface area contributed by atoms with Gasteiger partial charge in [0.1, 0.15) is 0 Å². The van der Waals surface area contributed by atoms with E-state index >= 15 is 0 Å². The van der Waals surface area contributed by atoms with E-state index in [1.54, 1.807) is 6.20 Å². The molecule has 3 aromatic rings. The van der Waals surface area contributed by atoms with Crippen LogP contribution in [0, 0.1) is 0 Å². The minimum atomic E-state index is -0.450. The molecule has 1 unspecified atom stereocenters. The zero-order valence-electron chi connectivity index (χ0n) is 14.8. The van der Waals surface area contributed by atoms with Gasteiger partial charge in [0.15, 0.2) is 0 Å². The van der Waals surface area contributed by atoms with Crippen LogP contribution in [0.15, 0.2) is 67.0 Å². The predicted molar refractivity (Wildman–Crippen MR) is 102 cm³/mol. The van der Waals surface area contributed by atoms with E-state index in [0.29, 0.717) is 13.1 Å². The first-order valence-corrected chi connectivity index (χ1v) is 8.91. The van der Waals surface area contributed by atoms with Crippen LogP contribution in [0.3, 0.4) is 0 Å². The number of para-hydroxylation sites is 1. The van der Waals surface area contributed by atoms with Gasteiger partial charge in [-0.3, -0.25) is 14.3 Å². The molecule has 0 radical (unpaired) electrons. The maximum absolute atomic E-state index is 12.7. The van der Waals surface area contributed by atoms with Gasteiger partial charge in [0, 0.05) is 31.0 Å². The fourth-order valence-electron chi connectivity index (χ4n) is 3.30. The summed E-state index contributed by atoms with van der Waals surface area (Å²) in [4.78, 5) is 24.5. The van der Waals surface area contributed by atoms with Gasteiger partial charge in [0.25, 0.3) is 0 Å². The lowest BCUT2D eigenvalue weighted by molar-refractivity contribution is -0.126. The van der Waals surface area contributed by atoms with Crippen molar-refractivity contribution >= 4 is 17.5 Å². The Morgan fingerprint density at radius 1 is 1.11 bits per heavy atom. The summed E-state index contributed by atoms with van der Waals surface area (Å²) in [6, 6.07) is 17.4. The molecule has 0 bridgehead atoms. The molecule has 27 heavy (non-hydrogen) atoms. The number of nitrogens with zero attached hydrogens (tertiary/aromatic N) is 2. The predicted octanol–water partition coefficient (Wildman–Crippen LogP) is 2.67. The third-order valence-corrected chi connectivity index (χ3v) is 4.71. The van der Waals surface area contributed by atoms with Gasteiger partial charge >= 0.3 is 0 Å². The first-order chi connectivity index (χ1) is 13.2. The number of aromatic nitrogens is 2. The molecule has 1 aromatic heterocycles. The van der Waals surface area contributed by atoms with Crippen LogP contribution in [0.1, 0.15) is 29.0 Å². The topological polar surface area (TPSA) is 76.0 Å². The average molecular weight is 360 g/mol. The van der Waals surface area contributed by atoms with Crippen molar-refractivity contribution in [2.45, 2.75) is 25.4 Å². The Balaban J connectivity index is 1.39. The molecule has 4 rings (SSSR count). The number of fused-ring (bicyclic) bond motifs is 1. The van der Waals surface area contributed by atoms with E-state index in [1.165, 1.54) is 0 Å². The third kappa shape index (κ3) is 3.89. The number of hydrogen-bond acceptors (Lipinski definition) is 3. The highest BCUT2D eigenvalue weighted by molar-refractivity contribution is 6.01. The molecule has 0 spiro atoms. The van der Waals surface area contributed by atoms with Crippen LogP contribution in [0.2, 0.25) is 0 Å². The summed E-state index contributed by atoms with van der Waals surface area (Å²) in [5.74, 6) is -0.705. The molecule has 0 aliphatic carbocycles. The number of benzene rings is 2. The highest BCUT2D eigenvalue weighted by Gasteiger charge is 2.30. The molecule has 1 aliphatic heterocycles. The third-order valence-electron chi connectivity index (χ3n) is 4.71. The first-order valence-electron chi connectivity index (χ1n) is 8.91. The van der Waals surface area contributed by atoms with Gasteiger partial charge in [-0.1, -0.05) is 42.5 Å². The van der Waals surface area contributed by atoms with Crippen molar-refractivity contribution in [3.05, 3.63) is 83.7 Å². The SMILES string of the molecule is O=C1CC(C(=O)NCc2ccc(Cn3cccn3)cc2)c2ccccc2N1. The molecule has 2 aromatic carbocycles. The van der Waals surface area contributed by atoms with Crippen LogP contribution in [0.4, 0.5) is 5.69 Å². The largest absolute Gasteiger partial charge is 0.351 e. The Hall–Kier alpha value is -3.41. The zero-order chi connectivity index (χ0) is 18.6. The summed E-state index contributed by atoms with van der Waals surface area (Å²) in [5.41, 5.74) is 3.74. The highest BCUT2D eigenvalue weighted by atomic mass is 16.2. The second-order valence-corrected chi connectivity index (χ2v) is 6.63. The van der Waals surface area contributed by atoms with Gasteiger partial charge < -0.3 is 10.6 Å². The van der Waals surface area contributed by atoms with Gasteiger partial charge in [-0.2, -0.15) is 5.10 Å². The number of amides is 2. The number of carbonyl (C=O) groups is 2. The smallest absolute Gasteiger partial charge is 0.228 e. The molecule has 0 saturated carbocycles. The van der Waals surface area contributed by atoms with Crippen molar-refractivity contribution < 1.29 is 9.59 Å². The Bertz CT molecular complexity index is 949. The van der Waals surface area contributed by atoms with E-state index in [2.05, 4.69) is 15.7 Å². The summed E-state index contributed by atoms with van der Waals surface area (Å²) in [7, 11) is 0. The van der Waals surface area contributed by atoms with Gasteiger partial charge in [-0.05, 0) is 28.8 Å². The zero-order valence-corrected chi connectivity index (χ0v) is 14.8. The van der Waals surface area contributed by atoms with Gasteiger partial charge in [-0.15, -0.1) is 0 Å². The van der Waals surface area contributed by atoms with E-state index in [0.717, 1.165) is 22.4 Å². The summed E-state index contributed by atoms with van der Waals surface area (Å²) in [5, 5.41) is 9.97. The lowest BCUT2D eigenvalue weighted by Crippen LogP contribution is -2.34. The van der Waals surface area contributed by atoms with Gasteiger partial charge in [0.2, 0.25) is 11.8 Å².